The molecule has 2 atom stereocenters. The first-order valence-corrected chi connectivity index (χ1v) is 8.47. The maximum Gasteiger partial charge on any atom is 0.223 e. The molecule has 1 saturated heterocycles. The summed E-state index contributed by atoms with van der Waals surface area (Å²) in [5.74, 6) is 1.35. The normalized spacial score (nSPS) is 20.6. The number of nitrogens with zero attached hydrogens (tertiary/aromatic N) is 6. The number of hydrogen-bond donors (Lipinski definition) is 1. The molecule has 1 N–H and O–H groups in total. The molecule has 0 bridgehead atoms. The van der Waals surface area contributed by atoms with E-state index in [-0.39, 0.29) is 0 Å². The number of likely N-dealkylation sites (N-methyl/N-ethyl adjacent to an activating group) is 1. The Kier molecular flexibility index (Phi) is 5.60. The number of piperidine rings is 1. The third-order valence-corrected chi connectivity index (χ3v) is 4.49. The van der Waals surface area contributed by atoms with Gasteiger partial charge < -0.3 is 9.63 Å². The maximum atomic E-state index is 10.3. The Bertz CT molecular complexity index is 614. The van der Waals surface area contributed by atoms with Crippen LogP contribution in [0.3, 0.4) is 0 Å². The Labute approximate surface area is 142 Å². The molecule has 0 saturated carbocycles. The first kappa shape index (κ1) is 17.1. The zero-order valence-electron chi connectivity index (χ0n) is 14.4. The van der Waals surface area contributed by atoms with E-state index in [1.165, 1.54) is 0 Å². The molecule has 2 aromatic heterocycles. The van der Waals surface area contributed by atoms with Crippen molar-refractivity contribution in [2.45, 2.75) is 45.0 Å². The highest BCUT2D eigenvalue weighted by Crippen LogP contribution is 2.17. The van der Waals surface area contributed by atoms with Crippen LogP contribution in [0.2, 0.25) is 0 Å². The molecule has 3 heterocycles. The van der Waals surface area contributed by atoms with Crippen LogP contribution in [0.25, 0.3) is 0 Å². The fourth-order valence-electron chi connectivity index (χ4n) is 3.30. The predicted octanol–water partition coefficient (Wildman–Crippen LogP) is 0.532. The van der Waals surface area contributed by atoms with E-state index in [0.29, 0.717) is 25.0 Å². The molecule has 0 unspecified atom stereocenters. The second kappa shape index (κ2) is 7.87. The van der Waals surface area contributed by atoms with Gasteiger partial charge in [0.25, 0.3) is 0 Å². The molecule has 3 rings (SSSR count). The first-order chi connectivity index (χ1) is 11.6. The van der Waals surface area contributed by atoms with Crippen LogP contribution in [0.15, 0.2) is 23.0 Å². The molecule has 8 heteroatoms. The van der Waals surface area contributed by atoms with Gasteiger partial charge in [0, 0.05) is 38.4 Å². The zero-order chi connectivity index (χ0) is 16.9. The lowest BCUT2D eigenvalue weighted by atomic mass is 10.0. The summed E-state index contributed by atoms with van der Waals surface area (Å²) in [6.07, 6.45) is 5.46. The minimum atomic E-state index is -0.426. The topological polar surface area (TPSA) is 83.5 Å². The molecule has 132 valence electrons. The third kappa shape index (κ3) is 4.62. The number of aromatic nitrogens is 4. The van der Waals surface area contributed by atoms with Crippen LogP contribution in [0, 0.1) is 6.92 Å². The molecular formula is C16H26N6O2. The van der Waals surface area contributed by atoms with Gasteiger partial charge in [-0.3, -0.25) is 14.5 Å². The van der Waals surface area contributed by atoms with Crippen LogP contribution in [0.4, 0.5) is 0 Å². The molecule has 1 aliphatic heterocycles. The second-order valence-electron chi connectivity index (χ2n) is 6.58. The van der Waals surface area contributed by atoms with Crippen LogP contribution in [0.1, 0.15) is 24.6 Å². The van der Waals surface area contributed by atoms with Crippen LogP contribution >= 0.6 is 0 Å². The number of aliphatic hydroxyl groups is 1. The van der Waals surface area contributed by atoms with Crippen molar-refractivity contribution < 1.29 is 9.63 Å². The van der Waals surface area contributed by atoms with Gasteiger partial charge in [-0.15, -0.1) is 0 Å². The van der Waals surface area contributed by atoms with Gasteiger partial charge >= 0.3 is 0 Å². The van der Waals surface area contributed by atoms with Crippen molar-refractivity contribution in [2.24, 2.45) is 0 Å². The first-order valence-electron chi connectivity index (χ1n) is 8.47. The summed E-state index contributed by atoms with van der Waals surface area (Å²) in [7, 11) is 2.08. The average molecular weight is 334 g/mol. The van der Waals surface area contributed by atoms with Gasteiger partial charge in [-0.1, -0.05) is 5.16 Å². The quantitative estimate of drug-likeness (QED) is 0.791. The molecule has 0 aliphatic carbocycles. The molecule has 24 heavy (non-hydrogen) atoms. The Morgan fingerprint density at radius 2 is 2.38 bits per heavy atom. The summed E-state index contributed by atoms with van der Waals surface area (Å²) in [6.45, 7) is 5.70. The molecule has 0 aromatic carbocycles. The number of likely N-dealkylation sites (tertiary alicyclic amines) is 1. The Morgan fingerprint density at radius 1 is 1.50 bits per heavy atom. The van der Waals surface area contributed by atoms with Gasteiger partial charge in [0.2, 0.25) is 5.89 Å². The van der Waals surface area contributed by atoms with Crippen LogP contribution in [0.5, 0.6) is 0 Å². The Hall–Kier alpha value is -1.77. The minimum absolute atomic E-state index is 0.426. The van der Waals surface area contributed by atoms with Gasteiger partial charge in [0.05, 0.1) is 19.2 Å². The largest absolute Gasteiger partial charge is 0.390 e. The monoisotopic (exact) mass is 334 g/mol. The zero-order valence-corrected chi connectivity index (χ0v) is 14.4. The van der Waals surface area contributed by atoms with Crippen LogP contribution in [-0.2, 0) is 13.1 Å². The van der Waals surface area contributed by atoms with E-state index >= 15 is 0 Å². The highest BCUT2D eigenvalue weighted by Gasteiger charge is 2.25. The molecule has 0 spiro atoms. The molecule has 0 amide bonds. The molecule has 0 radical (unpaired) electrons. The van der Waals surface area contributed by atoms with E-state index in [9.17, 15) is 5.11 Å². The van der Waals surface area contributed by atoms with Crippen molar-refractivity contribution in [3.8, 4) is 0 Å². The predicted molar refractivity (Wildman–Crippen MR) is 88.2 cm³/mol. The molecular weight excluding hydrogens is 308 g/mol. The Morgan fingerprint density at radius 3 is 3.08 bits per heavy atom. The fourth-order valence-corrected chi connectivity index (χ4v) is 3.30. The van der Waals surface area contributed by atoms with E-state index in [2.05, 4.69) is 32.1 Å². The van der Waals surface area contributed by atoms with Crippen molar-refractivity contribution >= 4 is 0 Å². The summed E-state index contributed by atoms with van der Waals surface area (Å²) in [6, 6.07) is 2.30. The van der Waals surface area contributed by atoms with Gasteiger partial charge in [-0.2, -0.15) is 10.1 Å². The number of rotatable bonds is 7. The van der Waals surface area contributed by atoms with Crippen molar-refractivity contribution in [1.82, 2.24) is 29.7 Å². The standard InChI is InChI=1S/C16H26N6O2/c1-13-18-16(19-24-13)12-21-7-3-5-14(9-21)20(2)10-15(23)11-22-8-4-6-17-22/h4,6,8,14-15,23H,3,5,7,9-12H2,1-2H3/t14-,15+/m0/s1. The summed E-state index contributed by atoms with van der Waals surface area (Å²) >= 11 is 0. The highest BCUT2D eigenvalue weighted by atomic mass is 16.5. The van der Waals surface area contributed by atoms with Gasteiger partial charge in [0.15, 0.2) is 5.82 Å². The third-order valence-electron chi connectivity index (χ3n) is 4.49. The van der Waals surface area contributed by atoms with Gasteiger partial charge in [-0.05, 0) is 32.5 Å². The van der Waals surface area contributed by atoms with Crippen molar-refractivity contribution in [3.05, 3.63) is 30.2 Å². The van der Waals surface area contributed by atoms with Crippen molar-refractivity contribution in [1.29, 1.82) is 0 Å². The van der Waals surface area contributed by atoms with E-state index in [1.807, 2.05) is 19.2 Å². The number of aliphatic hydroxyl groups excluding tert-OH is 1. The SMILES string of the molecule is Cc1nc(CN2CCC[C@H](N(C)C[C@@H](O)Cn3cccn3)C2)no1. The van der Waals surface area contributed by atoms with Crippen LogP contribution < -0.4 is 0 Å². The fraction of sp³-hybridized carbons (Fsp3) is 0.688. The highest BCUT2D eigenvalue weighted by molar-refractivity contribution is 4.87. The average Bonchev–Trinajstić information content (AvgIpc) is 3.19. The van der Waals surface area contributed by atoms with Gasteiger partial charge in [-0.25, -0.2) is 0 Å². The lowest BCUT2D eigenvalue weighted by Crippen LogP contribution is -2.48. The summed E-state index contributed by atoms with van der Waals surface area (Å²) < 4.78 is 6.81. The number of hydrogen-bond acceptors (Lipinski definition) is 7. The second-order valence-corrected chi connectivity index (χ2v) is 6.58. The lowest BCUT2D eigenvalue weighted by Gasteiger charge is -2.37. The lowest BCUT2D eigenvalue weighted by molar-refractivity contribution is 0.0556. The summed E-state index contributed by atoms with van der Waals surface area (Å²) in [4.78, 5) is 8.89. The minimum Gasteiger partial charge on any atom is -0.390 e. The Balaban J connectivity index is 1.48. The summed E-state index contributed by atoms with van der Waals surface area (Å²) in [5.41, 5.74) is 0. The van der Waals surface area contributed by atoms with E-state index < -0.39 is 6.10 Å². The van der Waals surface area contributed by atoms with E-state index in [1.54, 1.807) is 10.9 Å². The molecule has 8 nitrogen and oxygen atoms in total. The molecule has 1 fully saturated rings. The molecule has 2 aromatic rings. The molecule has 1 aliphatic rings. The van der Waals surface area contributed by atoms with Crippen molar-refractivity contribution in [2.75, 3.05) is 26.7 Å². The van der Waals surface area contributed by atoms with E-state index in [0.717, 1.165) is 38.3 Å². The van der Waals surface area contributed by atoms with E-state index in [4.69, 9.17) is 4.52 Å². The van der Waals surface area contributed by atoms with Crippen molar-refractivity contribution in [3.63, 3.8) is 0 Å². The van der Waals surface area contributed by atoms with Crippen LogP contribution in [-0.4, -0.2) is 73.7 Å². The number of aryl methyl sites for hydroxylation is 1. The van der Waals surface area contributed by atoms with Gasteiger partial charge in [0.1, 0.15) is 0 Å². The maximum absolute atomic E-state index is 10.3. The summed E-state index contributed by atoms with van der Waals surface area (Å²) in [5, 5.41) is 18.4. The smallest absolute Gasteiger partial charge is 0.223 e.